The minimum Gasteiger partial charge on any atom is -0.423 e. The first-order valence-corrected chi connectivity index (χ1v) is 11.1. The van der Waals surface area contributed by atoms with E-state index < -0.39 is 23.7 Å². The number of benzene rings is 2. The Labute approximate surface area is 193 Å². The minimum absolute atomic E-state index is 0.250. The van der Waals surface area contributed by atoms with Gasteiger partial charge in [0, 0.05) is 29.2 Å². The zero-order valence-electron chi connectivity index (χ0n) is 17.0. The summed E-state index contributed by atoms with van der Waals surface area (Å²) in [5.41, 5.74) is 0.899. The first-order valence-electron chi connectivity index (χ1n) is 9.45. The van der Waals surface area contributed by atoms with Crippen molar-refractivity contribution in [1.82, 2.24) is 4.98 Å². The van der Waals surface area contributed by atoms with Gasteiger partial charge in [0.15, 0.2) is 10.4 Å². The highest BCUT2D eigenvalue weighted by atomic mass is 32.2. The van der Waals surface area contributed by atoms with Gasteiger partial charge in [-0.1, -0.05) is 23.9 Å². The van der Waals surface area contributed by atoms with E-state index in [1.165, 1.54) is 18.2 Å². The third kappa shape index (κ3) is 6.20. The molecule has 4 rings (SSSR count). The number of hydrogen-bond acceptors (Lipinski definition) is 7. The van der Waals surface area contributed by atoms with Gasteiger partial charge >= 0.3 is 11.8 Å². The van der Waals surface area contributed by atoms with E-state index in [1.807, 2.05) is 0 Å². The number of halogens is 4. The van der Waals surface area contributed by atoms with Crippen molar-refractivity contribution in [1.29, 1.82) is 0 Å². The lowest BCUT2D eigenvalue weighted by Crippen LogP contribution is -2.18. The normalized spacial score (nSPS) is 12.3. The highest BCUT2D eigenvalue weighted by Crippen LogP contribution is 2.40. The lowest BCUT2D eigenvalue weighted by Gasteiger charge is -2.11. The van der Waals surface area contributed by atoms with Crippen LogP contribution in [0, 0.1) is 5.82 Å². The van der Waals surface area contributed by atoms with Gasteiger partial charge in [-0.05, 0) is 48.4 Å². The molecule has 0 aliphatic rings. The molecule has 0 fully saturated rings. The maximum atomic E-state index is 13.2. The molecule has 0 aliphatic heterocycles. The van der Waals surface area contributed by atoms with Crippen LogP contribution in [0.3, 0.4) is 0 Å². The molecule has 33 heavy (non-hydrogen) atoms. The summed E-state index contributed by atoms with van der Waals surface area (Å²) in [6, 6.07) is 12.0. The Morgan fingerprint density at radius 2 is 1.82 bits per heavy atom. The summed E-state index contributed by atoms with van der Waals surface area (Å²) in [6.45, 7) is 1.93. The molecule has 11 heteroatoms. The standard InChI is InChI=1S/C20H11F4NO3S2.C2H6O/c21-11-3-1-10(2-4-11)14-8-17(26)28-15-7-12(5-6-13(14)15)29-19-25-9-16(30-19)18(27)20(22,23)24;1-2-3/h1-9,18,27H;3H,2H2,1H3. The van der Waals surface area contributed by atoms with Crippen LogP contribution in [0.1, 0.15) is 17.9 Å². The van der Waals surface area contributed by atoms with Crippen molar-refractivity contribution in [2.45, 2.75) is 28.4 Å². The number of aromatic nitrogens is 1. The van der Waals surface area contributed by atoms with Crippen LogP contribution in [0.4, 0.5) is 17.6 Å². The number of nitrogens with zero attached hydrogens (tertiary/aromatic N) is 1. The van der Waals surface area contributed by atoms with Crippen LogP contribution in [0.5, 0.6) is 0 Å². The molecular weight excluding hydrogens is 482 g/mol. The summed E-state index contributed by atoms with van der Waals surface area (Å²) >= 11 is 1.80. The van der Waals surface area contributed by atoms with Gasteiger partial charge in [-0.25, -0.2) is 14.2 Å². The lowest BCUT2D eigenvalue weighted by atomic mass is 10.0. The highest BCUT2D eigenvalue weighted by Gasteiger charge is 2.40. The van der Waals surface area contributed by atoms with Crippen molar-refractivity contribution in [3.8, 4) is 11.1 Å². The summed E-state index contributed by atoms with van der Waals surface area (Å²) < 4.78 is 56.7. The topological polar surface area (TPSA) is 83.6 Å². The number of aliphatic hydroxyl groups is 2. The number of aliphatic hydroxyl groups excluding tert-OH is 2. The largest absolute Gasteiger partial charge is 0.423 e. The molecule has 0 saturated heterocycles. The van der Waals surface area contributed by atoms with Gasteiger partial charge in [0.25, 0.3) is 0 Å². The van der Waals surface area contributed by atoms with Gasteiger partial charge in [-0.3, -0.25) is 0 Å². The molecule has 0 bridgehead atoms. The summed E-state index contributed by atoms with van der Waals surface area (Å²) in [5, 5.41) is 17.5. The number of alkyl halides is 3. The fourth-order valence-corrected chi connectivity index (χ4v) is 4.79. The van der Waals surface area contributed by atoms with Crippen LogP contribution in [0.25, 0.3) is 22.1 Å². The van der Waals surface area contributed by atoms with Crippen LogP contribution in [0.15, 0.2) is 73.2 Å². The molecule has 4 aromatic rings. The molecule has 174 valence electrons. The second kappa shape index (κ2) is 10.5. The van der Waals surface area contributed by atoms with E-state index in [0.29, 0.717) is 25.7 Å². The Hall–Kier alpha value is -2.73. The van der Waals surface area contributed by atoms with Crippen molar-refractivity contribution >= 4 is 34.1 Å². The summed E-state index contributed by atoms with van der Waals surface area (Å²) in [7, 11) is 0. The zero-order chi connectivity index (χ0) is 24.2. The predicted octanol–water partition coefficient (Wildman–Crippen LogP) is 5.80. The maximum absolute atomic E-state index is 13.2. The van der Waals surface area contributed by atoms with Crippen molar-refractivity contribution in [2.75, 3.05) is 6.61 Å². The molecule has 1 unspecified atom stereocenters. The SMILES string of the molecule is CCO.O=c1cc(-c2ccc(F)cc2)c2ccc(Sc3ncc(C(O)C(F)(F)F)s3)cc2o1. The van der Waals surface area contributed by atoms with Crippen molar-refractivity contribution in [2.24, 2.45) is 0 Å². The Balaban J connectivity index is 0.000000968. The Morgan fingerprint density at radius 1 is 1.15 bits per heavy atom. The first kappa shape index (κ1) is 24.9. The molecule has 0 aliphatic carbocycles. The fourth-order valence-electron chi connectivity index (χ4n) is 2.78. The molecule has 5 nitrogen and oxygen atoms in total. The fraction of sp³-hybridized carbons (Fsp3) is 0.182. The summed E-state index contributed by atoms with van der Waals surface area (Å²) in [6.07, 6.45) is -6.37. The van der Waals surface area contributed by atoms with Crippen LogP contribution >= 0.6 is 23.1 Å². The van der Waals surface area contributed by atoms with Crippen LogP contribution in [-0.2, 0) is 0 Å². The number of rotatable bonds is 4. The van der Waals surface area contributed by atoms with Gasteiger partial charge in [0.1, 0.15) is 11.4 Å². The lowest BCUT2D eigenvalue weighted by molar-refractivity contribution is -0.205. The molecule has 0 saturated carbocycles. The van der Waals surface area contributed by atoms with Crippen molar-refractivity contribution in [3.63, 3.8) is 0 Å². The van der Waals surface area contributed by atoms with E-state index in [0.717, 1.165) is 29.3 Å². The maximum Gasteiger partial charge on any atom is 0.419 e. The number of thiazole rings is 1. The van der Waals surface area contributed by atoms with E-state index in [4.69, 9.17) is 9.52 Å². The predicted molar refractivity (Wildman–Crippen MR) is 118 cm³/mol. The third-order valence-corrected chi connectivity index (χ3v) is 6.27. The van der Waals surface area contributed by atoms with Crippen LogP contribution < -0.4 is 5.63 Å². The highest BCUT2D eigenvalue weighted by molar-refractivity contribution is 8.01. The number of hydrogen-bond donors (Lipinski definition) is 2. The minimum atomic E-state index is -4.77. The Bertz CT molecular complexity index is 1290. The Kier molecular flexibility index (Phi) is 7.90. The van der Waals surface area contributed by atoms with E-state index in [1.54, 1.807) is 37.3 Å². The molecule has 2 heterocycles. The quantitative estimate of drug-likeness (QED) is 0.273. The second-order valence-corrected chi connectivity index (χ2v) is 8.92. The van der Waals surface area contributed by atoms with Gasteiger partial charge < -0.3 is 14.6 Å². The van der Waals surface area contributed by atoms with Gasteiger partial charge in [-0.2, -0.15) is 13.2 Å². The monoisotopic (exact) mass is 499 g/mol. The average Bonchev–Trinajstić information content (AvgIpc) is 3.21. The van der Waals surface area contributed by atoms with Crippen molar-refractivity contribution < 1.29 is 32.2 Å². The second-order valence-electron chi connectivity index (χ2n) is 6.53. The molecule has 1 atom stereocenters. The smallest absolute Gasteiger partial charge is 0.419 e. The van der Waals surface area contributed by atoms with Crippen LogP contribution in [-0.4, -0.2) is 28.0 Å². The first-order chi connectivity index (χ1) is 15.6. The van der Waals surface area contributed by atoms with E-state index in [2.05, 4.69) is 4.98 Å². The number of fused-ring (bicyclic) bond motifs is 1. The van der Waals surface area contributed by atoms with E-state index in [9.17, 15) is 27.5 Å². The van der Waals surface area contributed by atoms with E-state index >= 15 is 0 Å². The molecule has 2 aromatic heterocycles. The van der Waals surface area contributed by atoms with Gasteiger partial charge in [0.2, 0.25) is 0 Å². The molecule has 0 spiro atoms. The van der Waals surface area contributed by atoms with Gasteiger partial charge in [0.05, 0.1) is 4.88 Å². The van der Waals surface area contributed by atoms with Crippen LogP contribution in [0.2, 0.25) is 0 Å². The summed E-state index contributed by atoms with van der Waals surface area (Å²) in [4.78, 5) is 16.2. The molecule has 2 N–H and O–H groups in total. The third-order valence-electron chi connectivity index (χ3n) is 4.16. The molecule has 2 aromatic carbocycles. The Morgan fingerprint density at radius 3 is 2.45 bits per heavy atom. The summed E-state index contributed by atoms with van der Waals surface area (Å²) in [5.74, 6) is -0.400. The van der Waals surface area contributed by atoms with Crippen molar-refractivity contribution in [3.05, 3.63) is 75.8 Å². The van der Waals surface area contributed by atoms with E-state index in [-0.39, 0.29) is 17.1 Å². The van der Waals surface area contributed by atoms with Gasteiger partial charge in [-0.15, -0.1) is 11.3 Å². The molecule has 0 radical (unpaired) electrons. The average molecular weight is 500 g/mol. The molecular formula is C22H17F4NO4S2. The zero-order valence-corrected chi connectivity index (χ0v) is 18.6. The molecule has 0 amide bonds.